The highest BCUT2D eigenvalue weighted by atomic mass is 16.3. The van der Waals surface area contributed by atoms with Crippen LogP contribution >= 0.6 is 0 Å². The molecular formula is C16H26O. The van der Waals surface area contributed by atoms with Gasteiger partial charge in [-0.1, -0.05) is 19.3 Å². The van der Waals surface area contributed by atoms with Crippen molar-refractivity contribution in [2.45, 2.75) is 70.3 Å². The van der Waals surface area contributed by atoms with Gasteiger partial charge in [0.05, 0.1) is 6.10 Å². The van der Waals surface area contributed by atoms with Gasteiger partial charge in [-0.05, 0) is 74.0 Å². The fourth-order valence-corrected chi connectivity index (χ4v) is 5.88. The van der Waals surface area contributed by atoms with Crippen LogP contribution in [-0.4, -0.2) is 11.2 Å². The van der Waals surface area contributed by atoms with E-state index in [0.29, 0.717) is 5.41 Å². The Labute approximate surface area is 105 Å². The summed E-state index contributed by atoms with van der Waals surface area (Å²) in [5, 5.41) is 10.7. The van der Waals surface area contributed by atoms with E-state index >= 15 is 0 Å². The lowest BCUT2D eigenvalue weighted by atomic mass is 9.47. The molecule has 1 atom stereocenters. The van der Waals surface area contributed by atoms with E-state index in [0.717, 1.165) is 30.1 Å². The Bertz CT molecular complexity index is 269. The summed E-state index contributed by atoms with van der Waals surface area (Å²) >= 11 is 0. The first-order valence-corrected chi connectivity index (χ1v) is 7.91. The highest BCUT2D eigenvalue weighted by Gasteiger charge is 2.54. The van der Waals surface area contributed by atoms with E-state index in [2.05, 4.69) is 0 Å². The minimum atomic E-state index is 0.0428. The van der Waals surface area contributed by atoms with Gasteiger partial charge in [-0.15, -0.1) is 0 Å². The van der Waals surface area contributed by atoms with Crippen LogP contribution in [0.25, 0.3) is 0 Å². The third-order valence-electron chi connectivity index (χ3n) is 6.57. The fraction of sp³-hybridized carbons (Fsp3) is 1.00. The molecule has 5 aliphatic carbocycles. The Morgan fingerprint density at radius 3 is 1.88 bits per heavy atom. The average Bonchev–Trinajstić information content (AvgIpc) is 2.21. The minimum Gasteiger partial charge on any atom is -0.393 e. The van der Waals surface area contributed by atoms with Crippen molar-refractivity contribution in [1.82, 2.24) is 0 Å². The van der Waals surface area contributed by atoms with Gasteiger partial charge in [-0.3, -0.25) is 0 Å². The summed E-state index contributed by atoms with van der Waals surface area (Å²) in [7, 11) is 0. The number of aliphatic hydroxyl groups is 1. The van der Waals surface area contributed by atoms with E-state index in [1.165, 1.54) is 57.8 Å². The van der Waals surface area contributed by atoms with Crippen molar-refractivity contribution < 1.29 is 5.11 Å². The molecule has 0 aliphatic heterocycles. The number of hydrogen-bond donors (Lipinski definition) is 1. The molecule has 96 valence electrons. The maximum Gasteiger partial charge on any atom is 0.0599 e. The molecule has 1 heteroatoms. The number of aliphatic hydroxyl groups excluding tert-OH is 1. The van der Waals surface area contributed by atoms with E-state index in [1.807, 2.05) is 0 Å². The predicted molar refractivity (Wildman–Crippen MR) is 68.6 cm³/mol. The van der Waals surface area contributed by atoms with Gasteiger partial charge in [0.2, 0.25) is 0 Å². The Hall–Kier alpha value is -0.0400. The van der Waals surface area contributed by atoms with Gasteiger partial charge >= 0.3 is 0 Å². The van der Waals surface area contributed by atoms with Crippen LogP contribution in [0.4, 0.5) is 0 Å². The molecule has 1 unspecified atom stereocenters. The van der Waals surface area contributed by atoms with Crippen LogP contribution < -0.4 is 0 Å². The summed E-state index contributed by atoms with van der Waals surface area (Å²) in [6, 6.07) is 0. The van der Waals surface area contributed by atoms with E-state index < -0.39 is 0 Å². The molecule has 0 amide bonds. The maximum atomic E-state index is 10.7. The van der Waals surface area contributed by atoms with Gasteiger partial charge in [0.25, 0.3) is 0 Å². The van der Waals surface area contributed by atoms with Crippen molar-refractivity contribution in [2.75, 3.05) is 0 Å². The Kier molecular flexibility index (Phi) is 2.38. The third kappa shape index (κ3) is 1.69. The summed E-state index contributed by atoms with van der Waals surface area (Å²) in [6.45, 7) is 0. The number of rotatable bonds is 3. The second-order valence-corrected chi connectivity index (χ2v) is 7.83. The lowest BCUT2D eigenvalue weighted by molar-refractivity contribution is -0.128. The average molecular weight is 234 g/mol. The normalized spacial score (nSPS) is 50.3. The Balaban J connectivity index is 1.51. The zero-order chi connectivity index (χ0) is 11.5. The first-order valence-electron chi connectivity index (χ1n) is 7.91. The topological polar surface area (TPSA) is 20.2 Å². The zero-order valence-electron chi connectivity index (χ0n) is 10.9. The molecule has 0 saturated heterocycles. The van der Waals surface area contributed by atoms with Crippen LogP contribution in [-0.2, 0) is 0 Å². The van der Waals surface area contributed by atoms with Crippen LogP contribution in [0.2, 0.25) is 0 Å². The van der Waals surface area contributed by atoms with E-state index in [4.69, 9.17) is 0 Å². The molecule has 5 aliphatic rings. The highest BCUT2D eigenvalue weighted by Crippen LogP contribution is 2.62. The molecule has 0 aromatic heterocycles. The fourth-order valence-electron chi connectivity index (χ4n) is 5.88. The van der Waals surface area contributed by atoms with Crippen LogP contribution in [0.5, 0.6) is 0 Å². The first kappa shape index (κ1) is 10.8. The van der Waals surface area contributed by atoms with Crippen molar-refractivity contribution in [3.05, 3.63) is 0 Å². The molecule has 0 radical (unpaired) electrons. The molecule has 1 N–H and O–H groups in total. The summed E-state index contributed by atoms with van der Waals surface area (Å²) in [6.07, 6.45) is 14.0. The molecule has 17 heavy (non-hydrogen) atoms. The Morgan fingerprint density at radius 2 is 1.47 bits per heavy atom. The SMILES string of the molecule is OC(CC1CCC1)C12CC3CC(CC(C3)C1)C2. The van der Waals surface area contributed by atoms with E-state index in [-0.39, 0.29) is 6.10 Å². The first-order chi connectivity index (χ1) is 8.23. The second-order valence-electron chi connectivity index (χ2n) is 7.83. The van der Waals surface area contributed by atoms with Crippen LogP contribution in [0, 0.1) is 29.1 Å². The van der Waals surface area contributed by atoms with Crippen molar-refractivity contribution in [2.24, 2.45) is 29.1 Å². The van der Waals surface area contributed by atoms with Crippen molar-refractivity contribution in [3.63, 3.8) is 0 Å². The second kappa shape index (κ2) is 3.73. The summed E-state index contributed by atoms with van der Waals surface area (Å²) in [4.78, 5) is 0. The molecule has 5 saturated carbocycles. The predicted octanol–water partition coefficient (Wildman–Crippen LogP) is 3.75. The molecule has 0 aromatic carbocycles. The minimum absolute atomic E-state index is 0.0428. The van der Waals surface area contributed by atoms with Crippen molar-refractivity contribution in [1.29, 1.82) is 0 Å². The van der Waals surface area contributed by atoms with Gasteiger partial charge in [0, 0.05) is 0 Å². The standard InChI is InChI=1S/C16H26O/c17-15(7-11-2-1-3-11)16-8-12-4-13(9-16)6-14(5-12)10-16/h11-15,17H,1-10H2. The van der Waals surface area contributed by atoms with Gasteiger partial charge in [-0.25, -0.2) is 0 Å². The largest absolute Gasteiger partial charge is 0.393 e. The summed E-state index contributed by atoms with van der Waals surface area (Å²) in [5.74, 6) is 3.82. The van der Waals surface area contributed by atoms with Gasteiger partial charge in [0.1, 0.15) is 0 Å². The molecule has 1 nitrogen and oxygen atoms in total. The maximum absolute atomic E-state index is 10.7. The van der Waals surface area contributed by atoms with Gasteiger partial charge in [-0.2, -0.15) is 0 Å². The molecule has 0 spiro atoms. The van der Waals surface area contributed by atoms with E-state index in [9.17, 15) is 5.11 Å². The van der Waals surface area contributed by atoms with Gasteiger partial charge in [0.15, 0.2) is 0 Å². The zero-order valence-corrected chi connectivity index (χ0v) is 10.9. The summed E-state index contributed by atoms with van der Waals surface area (Å²) in [5.41, 5.74) is 0.379. The molecule has 5 rings (SSSR count). The van der Waals surface area contributed by atoms with E-state index in [1.54, 1.807) is 0 Å². The Morgan fingerprint density at radius 1 is 0.941 bits per heavy atom. The number of hydrogen-bond acceptors (Lipinski definition) is 1. The van der Waals surface area contributed by atoms with Crippen molar-refractivity contribution in [3.8, 4) is 0 Å². The highest BCUT2D eigenvalue weighted by molar-refractivity contribution is 5.04. The molecule has 4 bridgehead atoms. The molecule has 5 fully saturated rings. The quantitative estimate of drug-likeness (QED) is 0.788. The van der Waals surface area contributed by atoms with Crippen molar-refractivity contribution >= 4 is 0 Å². The smallest absolute Gasteiger partial charge is 0.0599 e. The van der Waals surface area contributed by atoms with Gasteiger partial charge < -0.3 is 5.11 Å². The lowest BCUT2D eigenvalue weighted by Crippen LogP contribution is -2.52. The van der Waals surface area contributed by atoms with Crippen LogP contribution in [0.3, 0.4) is 0 Å². The molecule has 0 aromatic rings. The molecular weight excluding hydrogens is 208 g/mol. The van der Waals surface area contributed by atoms with Crippen LogP contribution in [0.15, 0.2) is 0 Å². The van der Waals surface area contributed by atoms with Crippen LogP contribution in [0.1, 0.15) is 64.2 Å². The molecule has 0 heterocycles. The summed E-state index contributed by atoms with van der Waals surface area (Å²) < 4.78 is 0. The lowest BCUT2D eigenvalue weighted by Gasteiger charge is -2.59. The monoisotopic (exact) mass is 234 g/mol. The third-order valence-corrected chi connectivity index (χ3v) is 6.57.